The van der Waals surface area contributed by atoms with Crippen molar-refractivity contribution in [3.8, 4) is 0 Å². The maximum absolute atomic E-state index is 11.9. The fraction of sp³-hybridized carbons (Fsp3) is 0.545. The number of hydrogen-bond donors (Lipinski definition) is 6. The lowest BCUT2D eigenvalue weighted by atomic mass is 10.0. The van der Waals surface area contributed by atoms with Crippen LogP contribution in [0.25, 0.3) is 20.7 Å². The molecule has 0 aliphatic rings. The average Bonchev–Trinajstić information content (AvgIpc) is 3.42. The summed E-state index contributed by atoms with van der Waals surface area (Å²) in [7, 11) is 2.37. The normalized spacial score (nSPS) is 12.3. The first-order valence-corrected chi connectivity index (χ1v) is 15.8. The number of fused-ring (bicyclic) bond motifs is 2. The summed E-state index contributed by atoms with van der Waals surface area (Å²) in [5.41, 5.74) is 6.72. The third-order valence-corrected chi connectivity index (χ3v) is 8.66. The van der Waals surface area contributed by atoms with Crippen LogP contribution in [0.2, 0.25) is 0 Å². The molecule has 0 bridgehead atoms. The van der Waals surface area contributed by atoms with Gasteiger partial charge in [0.05, 0.1) is 12.6 Å². The van der Waals surface area contributed by atoms with Crippen LogP contribution in [0.4, 0.5) is 11.6 Å². The highest BCUT2D eigenvalue weighted by Crippen LogP contribution is 2.37. The Morgan fingerprint density at radius 3 is 2.00 bits per heavy atom. The number of hydrogen-bond acceptors (Lipinski definition) is 14. The number of aliphatic hydroxyl groups is 2. The van der Waals surface area contributed by atoms with Crippen LogP contribution in [-0.2, 0) is 0 Å². The summed E-state index contributed by atoms with van der Waals surface area (Å²) in [6.07, 6.45) is 2.85. The third kappa shape index (κ3) is 8.64. The van der Waals surface area contributed by atoms with Crippen molar-refractivity contribution < 1.29 is 10.2 Å². The van der Waals surface area contributed by atoms with Gasteiger partial charge in [0.15, 0.2) is 17.1 Å². The average molecular weight is 601 g/mol. The Kier molecular flexibility index (Phi) is 11.3. The van der Waals surface area contributed by atoms with E-state index in [4.69, 9.17) is 10.8 Å². The van der Waals surface area contributed by atoms with Crippen LogP contribution in [0, 0.1) is 11.8 Å². The molecule has 0 radical (unpaired) electrons. The van der Waals surface area contributed by atoms with Crippen molar-refractivity contribution >= 4 is 76.6 Å². The first kappa shape index (κ1) is 30.3. The van der Waals surface area contributed by atoms with Crippen molar-refractivity contribution in [3.63, 3.8) is 0 Å². The lowest BCUT2D eigenvalue weighted by molar-refractivity contribution is 0.259. The monoisotopic (exact) mass is 600 g/mol. The summed E-state index contributed by atoms with van der Waals surface area (Å²) in [4.78, 5) is 45.7. The van der Waals surface area contributed by atoms with Crippen LogP contribution in [-0.4, -0.2) is 59.4 Å². The second-order valence-corrected chi connectivity index (χ2v) is 13.2. The highest BCUT2D eigenvalue weighted by molar-refractivity contribution is 8.76. The lowest BCUT2D eigenvalue weighted by Gasteiger charge is -2.19. The number of rotatable bonds is 11. The molecule has 38 heavy (non-hydrogen) atoms. The van der Waals surface area contributed by atoms with Gasteiger partial charge in [-0.1, -0.05) is 50.4 Å². The van der Waals surface area contributed by atoms with Crippen molar-refractivity contribution in [2.75, 3.05) is 24.3 Å². The summed E-state index contributed by atoms with van der Waals surface area (Å²) >= 11 is 1.97. The molecule has 0 aliphatic carbocycles. The van der Waals surface area contributed by atoms with Crippen LogP contribution < -0.4 is 20.8 Å². The standard InChI is InChI=1S/C16H18N8O3S4.C6H14O/c1-5(2)3-6(4-25)18-11-8-12(24-16(27)29-8)22-14(21-11)31-30-13-19-9(17)7-10(20-13)23-15(26)28-7;1-6(2)4-3-5-7/h5-6,25H,3-4H2,1-2H3,(H3,17,19,20,23,26)(H2,18,21,22,24,27);6-7H,3-5H2,1-2H3. The predicted octanol–water partition coefficient (Wildman–Crippen LogP) is 3.69. The van der Waals surface area contributed by atoms with Gasteiger partial charge in [0.1, 0.15) is 15.2 Å². The Morgan fingerprint density at radius 2 is 1.47 bits per heavy atom. The minimum atomic E-state index is -0.253. The molecule has 4 heterocycles. The number of thiazole rings is 2. The Balaban J connectivity index is 0.000000505. The van der Waals surface area contributed by atoms with Crippen LogP contribution in [0.15, 0.2) is 19.9 Å². The van der Waals surface area contributed by atoms with E-state index in [-0.39, 0.29) is 28.2 Å². The van der Waals surface area contributed by atoms with Gasteiger partial charge in [-0.3, -0.25) is 19.6 Å². The van der Waals surface area contributed by atoms with Crippen LogP contribution >= 0.6 is 44.3 Å². The predicted molar refractivity (Wildman–Crippen MR) is 157 cm³/mol. The number of nitrogen functional groups attached to an aromatic ring is 1. The van der Waals surface area contributed by atoms with Gasteiger partial charge in [-0.2, -0.15) is 0 Å². The zero-order valence-corrected chi connectivity index (χ0v) is 24.7. The minimum absolute atomic E-state index is 0.0633. The van der Waals surface area contributed by atoms with Gasteiger partial charge in [0.2, 0.25) is 10.3 Å². The van der Waals surface area contributed by atoms with Crippen LogP contribution in [0.5, 0.6) is 0 Å². The van der Waals surface area contributed by atoms with Crippen molar-refractivity contribution in [3.05, 3.63) is 19.3 Å². The second kappa shape index (κ2) is 14.2. The van der Waals surface area contributed by atoms with Gasteiger partial charge in [0, 0.05) is 6.61 Å². The summed E-state index contributed by atoms with van der Waals surface area (Å²) in [5, 5.41) is 22.0. The van der Waals surface area contributed by atoms with E-state index in [0.29, 0.717) is 49.3 Å². The lowest BCUT2D eigenvalue weighted by Crippen LogP contribution is -2.26. The number of nitrogens with zero attached hydrogens (tertiary/aromatic N) is 4. The fourth-order valence-electron chi connectivity index (χ4n) is 3.36. The van der Waals surface area contributed by atoms with E-state index in [1.165, 1.54) is 21.6 Å². The zero-order valence-electron chi connectivity index (χ0n) is 21.5. The van der Waals surface area contributed by atoms with E-state index < -0.39 is 0 Å². The highest BCUT2D eigenvalue weighted by Gasteiger charge is 2.18. The Labute approximate surface area is 234 Å². The second-order valence-electron chi connectivity index (χ2n) is 9.21. The molecular formula is C22H32N8O4S4. The molecule has 4 aromatic rings. The van der Waals surface area contributed by atoms with E-state index >= 15 is 0 Å². The maximum Gasteiger partial charge on any atom is 0.306 e. The van der Waals surface area contributed by atoms with Crippen molar-refractivity contribution in [2.45, 2.75) is 63.3 Å². The SMILES string of the molecule is CC(C)CC(CO)Nc1nc(SSc2nc(N)c3sc(=O)[nH]c3n2)nc2[nH]c(=O)sc12.CC(C)CCCO. The van der Waals surface area contributed by atoms with Gasteiger partial charge < -0.3 is 21.3 Å². The molecule has 0 spiro atoms. The van der Waals surface area contributed by atoms with E-state index in [9.17, 15) is 14.7 Å². The molecule has 0 saturated carbocycles. The van der Waals surface area contributed by atoms with Crippen molar-refractivity contribution in [1.82, 2.24) is 29.9 Å². The number of aromatic amines is 2. The summed E-state index contributed by atoms with van der Waals surface area (Å²) in [6.45, 7) is 8.74. The number of H-pyrrole nitrogens is 2. The minimum Gasteiger partial charge on any atom is -0.396 e. The van der Waals surface area contributed by atoms with E-state index in [1.807, 2.05) is 0 Å². The molecular weight excluding hydrogens is 569 g/mol. The molecule has 1 atom stereocenters. The number of nitrogens with two attached hydrogens (primary N) is 1. The molecule has 1 unspecified atom stereocenters. The smallest absolute Gasteiger partial charge is 0.306 e. The van der Waals surface area contributed by atoms with E-state index in [1.54, 1.807) is 0 Å². The Bertz CT molecular complexity index is 1450. The van der Waals surface area contributed by atoms with Gasteiger partial charge in [-0.05, 0) is 52.7 Å². The molecule has 4 rings (SSSR count). The summed E-state index contributed by atoms with van der Waals surface area (Å²) in [6, 6.07) is -0.207. The Morgan fingerprint density at radius 1 is 0.895 bits per heavy atom. The highest BCUT2D eigenvalue weighted by atomic mass is 33.1. The van der Waals surface area contributed by atoms with Crippen molar-refractivity contribution in [2.24, 2.45) is 11.8 Å². The third-order valence-electron chi connectivity index (χ3n) is 4.99. The number of aromatic nitrogens is 6. The van der Waals surface area contributed by atoms with Gasteiger partial charge in [-0.15, -0.1) is 0 Å². The molecule has 208 valence electrons. The molecule has 0 saturated heterocycles. The van der Waals surface area contributed by atoms with Gasteiger partial charge in [-0.25, -0.2) is 19.9 Å². The first-order valence-electron chi connectivity index (χ1n) is 12.0. The van der Waals surface area contributed by atoms with Crippen LogP contribution in [0.1, 0.15) is 47.0 Å². The summed E-state index contributed by atoms with van der Waals surface area (Å²) < 4.78 is 1.11. The summed E-state index contributed by atoms with van der Waals surface area (Å²) in [5.74, 6) is 1.82. The zero-order chi connectivity index (χ0) is 27.8. The molecule has 0 aliphatic heterocycles. The topological polar surface area (TPSA) is 196 Å². The molecule has 16 heteroatoms. The number of nitrogens with one attached hydrogen (secondary N) is 3. The largest absolute Gasteiger partial charge is 0.396 e. The van der Waals surface area contributed by atoms with Gasteiger partial charge >= 0.3 is 9.75 Å². The molecule has 0 aromatic carbocycles. The van der Waals surface area contributed by atoms with E-state index in [0.717, 1.165) is 47.9 Å². The van der Waals surface area contributed by atoms with E-state index in [2.05, 4.69) is 62.9 Å². The fourth-order valence-corrected chi connectivity index (χ4v) is 6.33. The van der Waals surface area contributed by atoms with Crippen LogP contribution in [0.3, 0.4) is 0 Å². The molecule has 12 nitrogen and oxygen atoms in total. The Hall–Kier alpha value is -2.24. The first-order chi connectivity index (χ1) is 18.1. The number of anilines is 2. The molecule has 4 aromatic heterocycles. The number of aliphatic hydroxyl groups excluding tert-OH is 2. The maximum atomic E-state index is 11.9. The quantitative estimate of drug-likeness (QED) is 0.108. The molecule has 7 N–H and O–H groups in total. The molecule has 0 fully saturated rings. The molecule has 0 amide bonds. The van der Waals surface area contributed by atoms with Gasteiger partial charge in [0.25, 0.3) is 0 Å². The van der Waals surface area contributed by atoms with Crippen molar-refractivity contribution in [1.29, 1.82) is 0 Å².